The summed E-state index contributed by atoms with van der Waals surface area (Å²) in [5, 5.41) is 10.0. The highest BCUT2D eigenvalue weighted by molar-refractivity contribution is 5.84. The zero-order valence-corrected chi connectivity index (χ0v) is 11.6. The minimum absolute atomic E-state index is 0.112. The van der Waals surface area contributed by atoms with E-state index >= 15 is 0 Å². The standard InChI is InChI=1S/C17H14F3NO/c18-17(19,20)16(22)14-11-21(10-12-6-2-1-3-7-12)15-9-5-4-8-13(14)15/h1-9,11,16,22H,10H2. The third kappa shape index (κ3) is 2.72. The molecule has 114 valence electrons. The van der Waals surface area contributed by atoms with Crippen LogP contribution < -0.4 is 0 Å². The SMILES string of the molecule is OC(c1cn(Cc2ccccc2)c2ccccc12)C(F)(F)F. The zero-order valence-electron chi connectivity index (χ0n) is 11.6. The van der Waals surface area contributed by atoms with Crippen molar-refractivity contribution in [3.63, 3.8) is 0 Å². The van der Waals surface area contributed by atoms with Crippen LogP contribution in [0.1, 0.15) is 17.2 Å². The monoisotopic (exact) mass is 305 g/mol. The Morgan fingerprint density at radius 3 is 2.27 bits per heavy atom. The lowest BCUT2D eigenvalue weighted by Gasteiger charge is -2.13. The molecule has 1 atom stereocenters. The third-order valence-electron chi connectivity index (χ3n) is 3.62. The van der Waals surface area contributed by atoms with Crippen molar-refractivity contribution in [2.24, 2.45) is 0 Å². The molecular formula is C17H14F3NO. The molecule has 2 aromatic carbocycles. The topological polar surface area (TPSA) is 25.2 Å². The van der Waals surface area contributed by atoms with Crippen LogP contribution in [0.25, 0.3) is 10.9 Å². The van der Waals surface area contributed by atoms with Crippen LogP contribution in [0.2, 0.25) is 0 Å². The first-order valence-corrected chi connectivity index (χ1v) is 6.83. The quantitative estimate of drug-likeness (QED) is 0.767. The van der Waals surface area contributed by atoms with Crippen LogP contribution in [0.3, 0.4) is 0 Å². The van der Waals surface area contributed by atoms with Gasteiger partial charge in [0.2, 0.25) is 0 Å². The lowest BCUT2D eigenvalue weighted by atomic mass is 10.1. The lowest BCUT2D eigenvalue weighted by Crippen LogP contribution is -2.19. The van der Waals surface area contributed by atoms with Gasteiger partial charge in [-0.25, -0.2) is 0 Å². The molecule has 0 saturated carbocycles. The molecule has 3 aromatic rings. The van der Waals surface area contributed by atoms with E-state index < -0.39 is 12.3 Å². The lowest BCUT2D eigenvalue weighted by molar-refractivity contribution is -0.206. The van der Waals surface area contributed by atoms with Crippen LogP contribution in [0.5, 0.6) is 0 Å². The Labute approximate surface area is 125 Å². The van der Waals surface area contributed by atoms with Crippen molar-refractivity contribution in [2.75, 3.05) is 0 Å². The van der Waals surface area contributed by atoms with Crippen molar-refractivity contribution in [1.82, 2.24) is 4.57 Å². The number of alkyl halides is 3. The molecule has 3 rings (SSSR count). The van der Waals surface area contributed by atoms with Crippen LogP contribution >= 0.6 is 0 Å². The van der Waals surface area contributed by atoms with Gasteiger partial charge in [0.05, 0.1) is 0 Å². The number of para-hydroxylation sites is 1. The van der Waals surface area contributed by atoms with Gasteiger partial charge in [0.25, 0.3) is 0 Å². The van der Waals surface area contributed by atoms with Gasteiger partial charge in [-0.2, -0.15) is 13.2 Å². The number of fused-ring (bicyclic) bond motifs is 1. The molecule has 0 amide bonds. The molecule has 2 nitrogen and oxygen atoms in total. The van der Waals surface area contributed by atoms with E-state index in [2.05, 4.69) is 0 Å². The average molecular weight is 305 g/mol. The predicted molar refractivity (Wildman–Crippen MR) is 78.5 cm³/mol. The Hall–Kier alpha value is -2.27. The summed E-state index contributed by atoms with van der Waals surface area (Å²) < 4.78 is 40.3. The van der Waals surface area contributed by atoms with E-state index in [1.54, 1.807) is 28.8 Å². The Morgan fingerprint density at radius 1 is 0.955 bits per heavy atom. The molecule has 0 saturated heterocycles. The number of aliphatic hydroxyl groups excluding tert-OH is 1. The first kappa shape index (κ1) is 14.7. The van der Waals surface area contributed by atoms with Gasteiger partial charge in [-0.15, -0.1) is 0 Å². The smallest absolute Gasteiger partial charge is 0.379 e. The summed E-state index contributed by atoms with van der Waals surface area (Å²) >= 11 is 0. The fraction of sp³-hybridized carbons (Fsp3) is 0.176. The van der Waals surface area contributed by atoms with Gasteiger partial charge in [0, 0.05) is 29.2 Å². The Morgan fingerprint density at radius 2 is 1.59 bits per heavy atom. The molecule has 5 heteroatoms. The number of aliphatic hydroxyl groups is 1. The molecule has 1 unspecified atom stereocenters. The number of hydrogen-bond acceptors (Lipinski definition) is 1. The van der Waals surface area contributed by atoms with Crippen LogP contribution in [-0.2, 0) is 6.54 Å². The number of hydrogen-bond donors (Lipinski definition) is 1. The second kappa shape index (κ2) is 5.50. The van der Waals surface area contributed by atoms with Gasteiger partial charge in [0.15, 0.2) is 6.10 Å². The molecule has 1 heterocycles. The summed E-state index contributed by atoms with van der Waals surface area (Å²) in [6, 6.07) is 16.3. The highest BCUT2D eigenvalue weighted by atomic mass is 19.4. The van der Waals surface area contributed by atoms with Crippen molar-refractivity contribution < 1.29 is 18.3 Å². The maximum absolute atomic E-state index is 12.8. The summed E-state index contributed by atoms with van der Waals surface area (Å²) in [6.45, 7) is 0.450. The number of rotatable bonds is 3. The van der Waals surface area contributed by atoms with E-state index in [4.69, 9.17) is 0 Å². The maximum atomic E-state index is 12.8. The molecule has 1 N–H and O–H groups in total. The van der Waals surface area contributed by atoms with Gasteiger partial charge in [-0.05, 0) is 11.6 Å². The van der Waals surface area contributed by atoms with Crippen molar-refractivity contribution in [1.29, 1.82) is 0 Å². The number of benzene rings is 2. The number of nitrogens with zero attached hydrogens (tertiary/aromatic N) is 1. The van der Waals surface area contributed by atoms with Crippen molar-refractivity contribution in [3.8, 4) is 0 Å². The molecule has 0 radical (unpaired) electrons. The highest BCUT2D eigenvalue weighted by Gasteiger charge is 2.40. The van der Waals surface area contributed by atoms with Crippen molar-refractivity contribution >= 4 is 10.9 Å². The van der Waals surface area contributed by atoms with E-state index in [0.29, 0.717) is 17.4 Å². The Kier molecular flexibility index (Phi) is 3.66. The Bertz CT molecular complexity index is 777. The van der Waals surface area contributed by atoms with Gasteiger partial charge < -0.3 is 9.67 Å². The van der Waals surface area contributed by atoms with Gasteiger partial charge in [-0.3, -0.25) is 0 Å². The minimum atomic E-state index is -4.68. The molecule has 1 aromatic heterocycles. The third-order valence-corrected chi connectivity index (χ3v) is 3.62. The summed E-state index contributed by atoms with van der Waals surface area (Å²) in [4.78, 5) is 0. The molecular weight excluding hydrogens is 291 g/mol. The molecule has 0 bridgehead atoms. The largest absolute Gasteiger partial charge is 0.418 e. The zero-order chi connectivity index (χ0) is 15.7. The fourth-order valence-corrected chi connectivity index (χ4v) is 2.58. The predicted octanol–water partition coefficient (Wildman–Crippen LogP) is 4.29. The van der Waals surface area contributed by atoms with Crippen LogP contribution in [0.4, 0.5) is 13.2 Å². The summed E-state index contributed by atoms with van der Waals surface area (Å²) in [5.41, 5.74) is 1.54. The van der Waals surface area contributed by atoms with Crippen LogP contribution in [0, 0.1) is 0 Å². The fourth-order valence-electron chi connectivity index (χ4n) is 2.58. The summed E-state index contributed by atoms with van der Waals surface area (Å²) in [6.07, 6.45) is -5.77. The highest BCUT2D eigenvalue weighted by Crippen LogP contribution is 2.37. The second-order valence-electron chi connectivity index (χ2n) is 5.16. The van der Waals surface area contributed by atoms with Gasteiger partial charge in [-0.1, -0.05) is 48.5 Å². The number of halogens is 3. The maximum Gasteiger partial charge on any atom is 0.418 e. The van der Waals surface area contributed by atoms with E-state index in [1.807, 2.05) is 30.3 Å². The summed E-state index contributed by atoms with van der Waals surface area (Å²) in [7, 11) is 0. The molecule has 0 spiro atoms. The minimum Gasteiger partial charge on any atom is -0.379 e. The van der Waals surface area contributed by atoms with E-state index in [1.165, 1.54) is 6.20 Å². The first-order valence-electron chi connectivity index (χ1n) is 6.83. The van der Waals surface area contributed by atoms with E-state index in [0.717, 1.165) is 5.56 Å². The molecule has 0 aliphatic heterocycles. The first-order chi connectivity index (χ1) is 10.5. The van der Waals surface area contributed by atoms with Gasteiger partial charge >= 0.3 is 6.18 Å². The van der Waals surface area contributed by atoms with Crippen molar-refractivity contribution in [3.05, 3.63) is 71.9 Å². The van der Waals surface area contributed by atoms with E-state index in [-0.39, 0.29) is 5.56 Å². The van der Waals surface area contributed by atoms with Crippen molar-refractivity contribution in [2.45, 2.75) is 18.8 Å². The molecule has 0 aliphatic carbocycles. The van der Waals surface area contributed by atoms with Crippen LogP contribution in [-0.4, -0.2) is 15.8 Å². The average Bonchev–Trinajstić information content (AvgIpc) is 2.85. The molecule has 0 aliphatic rings. The van der Waals surface area contributed by atoms with Crippen LogP contribution in [0.15, 0.2) is 60.8 Å². The van der Waals surface area contributed by atoms with Gasteiger partial charge in [0.1, 0.15) is 0 Å². The summed E-state index contributed by atoms with van der Waals surface area (Å²) in [5.74, 6) is 0. The van der Waals surface area contributed by atoms with E-state index in [9.17, 15) is 18.3 Å². The second-order valence-corrected chi connectivity index (χ2v) is 5.16. The normalized spacial score (nSPS) is 13.5. The number of aromatic nitrogens is 1. The molecule has 0 fully saturated rings. The Balaban J connectivity index is 2.08. The molecule has 22 heavy (non-hydrogen) atoms.